The normalized spacial score (nSPS) is 15.5. The van der Waals surface area contributed by atoms with E-state index in [2.05, 4.69) is 4.74 Å². The summed E-state index contributed by atoms with van der Waals surface area (Å²) < 4.78 is 9.52. The maximum Gasteiger partial charge on any atom is 0.157 e. The number of ether oxygens (including phenoxy) is 2. The fourth-order valence-corrected chi connectivity index (χ4v) is 0.841. The van der Waals surface area contributed by atoms with Crippen LogP contribution in [0.2, 0.25) is 0 Å². The molecule has 0 aliphatic carbocycles. The van der Waals surface area contributed by atoms with Crippen molar-refractivity contribution in [2.45, 2.75) is 71.4 Å². The molecule has 0 aromatic heterocycles. The van der Waals surface area contributed by atoms with Crippen molar-refractivity contribution in [1.29, 1.82) is 0 Å². The van der Waals surface area contributed by atoms with Crippen molar-refractivity contribution in [1.82, 2.24) is 0 Å². The molecule has 0 saturated heterocycles. The first-order valence-electron chi connectivity index (χ1n) is 7.99. The quantitative estimate of drug-likeness (QED) is 0.231. The summed E-state index contributed by atoms with van der Waals surface area (Å²) in [5.41, 5.74) is 0. The summed E-state index contributed by atoms with van der Waals surface area (Å²) in [4.78, 5) is 0. The fraction of sp³-hybridized carbons (Fsp3) is 1.00. The summed E-state index contributed by atoms with van der Waals surface area (Å²) in [6.45, 7) is 6.72. The highest BCUT2D eigenvalue weighted by molar-refractivity contribution is 4.45. The van der Waals surface area contributed by atoms with Gasteiger partial charge in [0.1, 0.15) is 6.10 Å². The van der Waals surface area contributed by atoms with Gasteiger partial charge >= 0.3 is 0 Å². The Hall–Kier alpha value is -0.360. The van der Waals surface area contributed by atoms with Crippen LogP contribution in [-0.2, 0) is 9.47 Å². The van der Waals surface area contributed by atoms with E-state index in [1.807, 2.05) is 0 Å². The number of aliphatic hydroxyl groups is 7. The maximum absolute atomic E-state index is 8.78. The molecule has 0 radical (unpaired) electrons. The zero-order valence-electron chi connectivity index (χ0n) is 15.1. The van der Waals surface area contributed by atoms with E-state index in [9.17, 15) is 0 Å². The molecule has 9 heteroatoms. The Labute approximate surface area is 144 Å². The van der Waals surface area contributed by atoms with E-state index in [1.54, 1.807) is 27.7 Å². The Morgan fingerprint density at radius 1 is 0.708 bits per heavy atom. The SMILES string of the molecule is CC(O)COCC(C)O.CCC(O)OC(O)CC.OCC(O)CO. The molecule has 4 atom stereocenters. The molecule has 0 heterocycles. The van der Waals surface area contributed by atoms with Gasteiger partial charge in [-0.25, -0.2) is 0 Å². The highest BCUT2D eigenvalue weighted by atomic mass is 16.7. The van der Waals surface area contributed by atoms with Crippen molar-refractivity contribution in [3.05, 3.63) is 0 Å². The lowest BCUT2D eigenvalue weighted by atomic mass is 10.4. The molecule has 9 nitrogen and oxygen atoms in total. The zero-order chi connectivity index (χ0) is 19.5. The van der Waals surface area contributed by atoms with Gasteiger partial charge in [-0.1, -0.05) is 13.8 Å². The predicted molar refractivity (Wildman–Crippen MR) is 88.0 cm³/mol. The molecule has 0 saturated carbocycles. The Morgan fingerprint density at radius 2 is 1.04 bits per heavy atom. The van der Waals surface area contributed by atoms with Crippen molar-refractivity contribution in [3.8, 4) is 0 Å². The minimum atomic E-state index is -0.954. The van der Waals surface area contributed by atoms with E-state index in [0.29, 0.717) is 26.1 Å². The maximum atomic E-state index is 8.78. The Morgan fingerprint density at radius 3 is 1.21 bits per heavy atom. The number of rotatable bonds is 10. The molecule has 24 heavy (non-hydrogen) atoms. The molecule has 150 valence electrons. The van der Waals surface area contributed by atoms with Crippen LogP contribution in [0.3, 0.4) is 0 Å². The lowest BCUT2D eigenvalue weighted by Gasteiger charge is -2.13. The summed E-state index contributed by atoms with van der Waals surface area (Å²) in [7, 11) is 0. The highest BCUT2D eigenvalue weighted by Gasteiger charge is 2.05. The summed E-state index contributed by atoms with van der Waals surface area (Å²) in [5.74, 6) is 0. The fourth-order valence-electron chi connectivity index (χ4n) is 0.841. The van der Waals surface area contributed by atoms with Crippen LogP contribution in [0.1, 0.15) is 40.5 Å². The van der Waals surface area contributed by atoms with Gasteiger partial charge in [-0.2, -0.15) is 0 Å². The monoisotopic (exact) mass is 360 g/mol. The second-order valence-electron chi connectivity index (χ2n) is 5.12. The average Bonchev–Trinajstić information content (AvgIpc) is 2.54. The van der Waals surface area contributed by atoms with E-state index in [-0.39, 0.29) is 13.2 Å². The minimum absolute atomic E-state index is 0.297. The van der Waals surface area contributed by atoms with Crippen molar-refractivity contribution in [2.75, 3.05) is 26.4 Å². The van der Waals surface area contributed by atoms with Crippen LogP contribution in [0.25, 0.3) is 0 Å². The molecule has 7 N–H and O–H groups in total. The van der Waals surface area contributed by atoms with Gasteiger partial charge in [0, 0.05) is 0 Å². The zero-order valence-corrected chi connectivity index (χ0v) is 15.1. The molecule has 0 fully saturated rings. The second-order valence-corrected chi connectivity index (χ2v) is 5.12. The van der Waals surface area contributed by atoms with Crippen LogP contribution in [0, 0.1) is 0 Å². The molecule has 0 aromatic rings. The lowest BCUT2D eigenvalue weighted by molar-refractivity contribution is -0.208. The molecule has 0 aliphatic heterocycles. The summed E-state index contributed by atoms with van der Waals surface area (Å²) in [5, 5.41) is 58.9. The van der Waals surface area contributed by atoms with Crippen molar-refractivity contribution in [3.63, 3.8) is 0 Å². The predicted octanol–water partition coefficient (Wildman–Crippen LogP) is -1.44. The highest BCUT2D eigenvalue weighted by Crippen LogP contribution is 1.99. The van der Waals surface area contributed by atoms with Crippen LogP contribution in [0.15, 0.2) is 0 Å². The minimum Gasteiger partial charge on any atom is -0.394 e. The first-order valence-corrected chi connectivity index (χ1v) is 7.99. The van der Waals surface area contributed by atoms with Gasteiger partial charge in [-0.05, 0) is 26.7 Å². The summed E-state index contributed by atoms with van der Waals surface area (Å²) in [6, 6.07) is 0. The van der Waals surface area contributed by atoms with E-state index in [4.69, 9.17) is 40.5 Å². The number of hydrogen-bond donors (Lipinski definition) is 7. The van der Waals surface area contributed by atoms with Crippen LogP contribution >= 0.6 is 0 Å². The van der Waals surface area contributed by atoms with E-state index >= 15 is 0 Å². The first kappa shape index (κ1) is 28.4. The third-order valence-electron chi connectivity index (χ3n) is 2.15. The van der Waals surface area contributed by atoms with Crippen molar-refractivity contribution < 1.29 is 45.2 Å². The van der Waals surface area contributed by atoms with Crippen LogP contribution < -0.4 is 0 Å². The molecule has 4 unspecified atom stereocenters. The molecule has 0 aliphatic rings. The molecule has 0 bridgehead atoms. The molecular formula is C15H36O9. The van der Waals surface area contributed by atoms with Gasteiger partial charge < -0.3 is 45.2 Å². The van der Waals surface area contributed by atoms with Gasteiger partial charge in [-0.15, -0.1) is 0 Å². The largest absolute Gasteiger partial charge is 0.394 e. The van der Waals surface area contributed by atoms with Crippen LogP contribution in [0.5, 0.6) is 0 Å². The van der Waals surface area contributed by atoms with E-state index in [1.165, 1.54) is 0 Å². The topological polar surface area (TPSA) is 160 Å². The first-order chi connectivity index (χ1) is 11.1. The molecule has 0 amide bonds. The van der Waals surface area contributed by atoms with Crippen molar-refractivity contribution in [2.24, 2.45) is 0 Å². The third-order valence-corrected chi connectivity index (χ3v) is 2.15. The Bertz CT molecular complexity index is 207. The van der Waals surface area contributed by atoms with Gasteiger partial charge in [-0.3, -0.25) is 0 Å². The van der Waals surface area contributed by atoms with Crippen molar-refractivity contribution >= 4 is 0 Å². The van der Waals surface area contributed by atoms with Crippen LogP contribution in [0.4, 0.5) is 0 Å². The van der Waals surface area contributed by atoms with Gasteiger partial charge in [0.25, 0.3) is 0 Å². The standard InChI is InChI=1S/2C6H14O3.C3H8O3/c1-5(7)3-9-4-6(2)8;1-3-5(7)9-6(8)4-2;4-1-3(6)2-5/h2*5-8H,3-4H2,1-2H3;3-6H,1-2H2. The average molecular weight is 360 g/mol. The third kappa shape index (κ3) is 29.6. The summed E-state index contributed by atoms with van der Waals surface area (Å²) in [6.07, 6.45) is -2.45. The van der Waals surface area contributed by atoms with Gasteiger partial charge in [0.2, 0.25) is 0 Å². The molecular weight excluding hydrogens is 324 g/mol. The number of hydrogen-bond acceptors (Lipinski definition) is 9. The lowest BCUT2D eigenvalue weighted by Crippen LogP contribution is -2.19. The smallest absolute Gasteiger partial charge is 0.157 e. The van der Waals surface area contributed by atoms with E-state index < -0.39 is 30.9 Å². The Kier molecular flexibility index (Phi) is 24.5. The number of aliphatic hydroxyl groups excluding tert-OH is 7. The van der Waals surface area contributed by atoms with Gasteiger partial charge in [0.05, 0.1) is 38.6 Å². The van der Waals surface area contributed by atoms with E-state index in [0.717, 1.165) is 0 Å². The molecule has 0 rings (SSSR count). The summed E-state index contributed by atoms with van der Waals surface area (Å²) >= 11 is 0. The van der Waals surface area contributed by atoms with Gasteiger partial charge in [0.15, 0.2) is 12.6 Å². The van der Waals surface area contributed by atoms with Crippen LogP contribution in [-0.4, -0.2) is 93.1 Å². The molecule has 0 spiro atoms. The Balaban J connectivity index is -0.000000282. The molecule has 0 aromatic carbocycles. The second kappa shape index (κ2) is 20.7.